The molecular weight excluding hydrogens is 408 g/mol. The zero-order valence-corrected chi connectivity index (χ0v) is 21.2. The number of nitrogens with zero attached hydrogens (tertiary/aromatic N) is 2. The van der Waals surface area contributed by atoms with E-state index in [1.165, 1.54) is 68.9 Å². The minimum Gasteiger partial charge on any atom is -0.379 e. The second-order valence-electron chi connectivity index (χ2n) is 8.93. The van der Waals surface area contributed by atoms with E-state index >= 15 is 0 Å². The molecular formula is C29H46N2O2. The SMILES string of the molecule is CCCCCCCCCCc1ccc(-c2cnc(CCCCCOCCOCC)nc2)cc1. The molecule has 184 valence electrons. The largest absolute Gasteiger partial charge is 0.379 e. The van der Waals surface area contributed by atoms with Gasteiger partial charge in [-0.15, -0.1) is 0 Å². The number of ether oxygens (including phenoxy) is 2. The molecule has 2 aromatic rings. The number of aryl methyl sites for hydroxylation is 2. The van der Waals surface area contributed by atoms with Gasteiger partial charge in [0.2, 0.25) is 0 Å². The Hall–Kier alpha value is -1.78. The lowest BCUT2D eigenvalue weighted by atomic mass is 10.0. The van der Waals surface area contributed by atoms with Crippen LogP contribution in [0.5, 0.6) is 0 Å². The normalized spacial score (nSPS) is 11.2. The summed E-state index contributed by atoms with van der Waals surface area (Å²) >= 11 is 0. The lowest BCUT2D eigenvalue weighted by Gasteiger charge is -2.06. The highest BCUT2D eigenvalue weighted by atomic mass is 16.5. The van der Waals surface area contributed by atoms with E-state index in [0.29, 0.717) is 13.2 Å². The second kappa shape index (κ2) is 18.6. The van der Waals surface area contributed by atoms with Gasteiger partial charge in [0.15, 0.2) is 0 Å². The molecule has 0 bridgehead atoms. The predicted molar refractivity (Wildman–Crippen MR) is 139 cm³/mol. The fraction of sp³-hybridized carbons (Fsp3) is 0.655. The highest BCUT2D eigenvalue weighted by Crippen LogP contribution is 2.20. The van der Waals surface area contributed by atoms with E-state index in [1.807, 2.05) is 19.3 Å². The van der Waals surface area contributed by atoms with Gasteiger partial charge >= 0.3 is 0 Å². The maximum atomic E-state index is 5.55. The van der Waals surface area contributed by atoms with Crippen LogP contribution in [0.25, 0.3) is 11.1 Å². The first-order valence-corrected chi connectivity index (χ1v) is 13.4. The molecule has 0 aliphatic carbocycles. The fourth-order valence-electron chi connectivity index (χ4n) is 3.99. The van der Waals surface area contributed by atoms with Crippen LogP contribution in [0.15, 0.2) is 36.7 Å². The molecule has 1 aromatic heterocycles. The molecule has 0 N–H and O–H groups in total. The molecule has 1 heterocycles. The lowest BCUT2D eigenvalue weighted by molar-refractivity contribution is 0.0513. The van der Waals surface area contributed by atoms with Crippen LogP contribution < -0.4 is 0 Å². The van der Waals surface area contributed by atoms with Crippen LogP contribution in [-0.4, -0.2) is 36.4 Å². The van der Waals surface area contributed by atoms with Gasteiger partial charge in [-0.05, 0) is 43.7 Å². The monoisotopic (exact) mass is 454 g/mol. The summed E-state index contributed by atoms with van der Waals surface area (Å²) < 4.78 is 10.8. The zero-order valence-electron chi connectivity index (χ0n) is 21.2. The molecule has 0 fully saturated rings. The van der Waals surface area contributed by atoms with Crippen molar-refractivity contribution >= 4 is 0 Å². The summed E-state index contributed by atoms with van der Waals surface area (Å²) in [4.78, 5) is 9.17. The topological polar surface area (TPSA) is 44.2 Å². The summed E-state index contributed by atoms with van der Waals surface area (Å²) in [5, 5.41) is 0. The first-order valence-electron chi connectivity index (χ1n) is 13.4. The minimum atomic E-state index is 0.693. The molecule has 0 atom stereocenters. The Kier molecular flexibility index (Phi) is 15.5. The molecule has 2 rings (SSSR count). The van der Waals surface area contributed by atoms with E-state index < -0.39 is 0 Å². The van der Waals surface area contributed by atoms with Crippen molar-refractivity contribution in [2.24, 2.45) is 0 Å². The van der Waals surface area contributed by atoms with Crippen LogP contribution >= 0.6 is 0 Å². The molecule has 1 aromatic carbocycles. The second-order valence-corrected chi connectivity index (χ2v) is 8.93. The lowest BCUT2D eigenvalue weighted by Crippen LogP contribution is -2.05. The van der Waals surface area contributed by atoms with Crippen LogP contribution in [0.2, 0.25) is 0 Å². The number of unbranched alkanes of at least 4 members (excludes halogenated alkanes) is 9. The Morgan fingerprint density at radius 1 is 0.576 bits per heavy atom. The van der Waals surface area contributed by atoms with Gasteiger partial charge in [0, 0.05) is 37.6 Å². The predicted octanol–water partition coefficient (Wildman–Crippen LogP) is 7.59. The minimum absolute atomic E-state index is 0.693. The third kappa shape index (κ3) is 12.9. The summed E-state index contributed by atoms with van der Waals surface area (Å²) in [5.74, 6) is 0.933. The molecule has 0 spiro atoms. The standard InChI is InChI=1S/C29H46N2O2/c1-3-5-6-7-8-9-10-12-15-26-17-19-27(20-18-26)28-24-30-29(31-25-28)16-13-11-14-21-33-23-22-32-4-2/h17-20,24-25H,3-16,21-23H2,1-2H3. The first kappa shape index (κ1) is 27.5. The van der Waals surface area contributed by atoms with Crippen LogP contribution in [0.1, 0.15) is 95.9 Å². The van der Waals surface area contributed by atoms with E-state index in [2.05, 4.69) is 41.2 Å². The van der Waals surface area contributed by atoms with Gasteiger partial charge in [0.25, 0.3) is 0 Å². The van der Waals surface area contributed by atoms with Gasteiger partial charge in [-0.25, -0.2) is 9.97 Å². The Morgan fingerprint density at radius 2 is 1.18 bits per heavy atom. The molecule has 33 heavy (non-hydrogen) atoms. The Labute approximate surface area is 202 Å². The van der Waals surface area contributed by atoms with Gasteiger partial charge in [0.1, 0.15) is 5.82 Å². The van der Waals surface area contributed by atoms with Crippen LogP contribution in [0, 0.1) is 0 Å². The smallest absolute Gasteiger partial charge is 0.128 e. The van der Waals surface area contributed by atoms with Gasteiger partial charge < -0.3 is 9.47 Å². The average molecular weight is 455 g/mol. The highest BCUT2D eigenvalue weighted by molar-refractivity contribution is 5.61. The summed E-state index contributed by atoms with van der Waals surface area (Å²) in [6.07, 6.45) is 20.3. The van der Waals surface area contributed by atoms with E-state index in [1.54, 1.807) is 0 Å². The molecule has 0 unspecified atom stereocenters. The summed E-state index contributed by atoms with van der Waals surface area (Å²) in [6.45, 7) is 7.23. The van der Waals surface area contributed by atoms with Crippen molar-refractivity contribution in [3.63, 3.8) is 0 Å². The van der Waals surface area contributed by atoms with E-state index in [0.717, 1.165) is 50.3 Å². The van der Waals surface area contributed by atoms with E-state index in [-0.39, 0.29) is 0 Å². The van der Waals surface area contributed by atoms with Gasteiger partial charge in [-0.1, -0.05) is 82.6 Å². The fourth-order valence-corrected chi connectivity index (χ4v) is 3.99. The molecule has 0 radical (unpaired) electrons. The summed E-state index contributed by atoms with van der Waals surface area (Å²) in [5.41, 5.74) is 3.73. The number of hydrogen-bond donors (Lipinski definition) is 0. The molecule has 0 amide bonds. The zero-order chi connectivity index (χ0) is 23.4. The third-order valence-electron chi connectivity index (χ3n) is 6.08. The maximum Gasteiger partial charge on any atom is 0.128 e. The highest BCUT2D eigenvalue weighted by Gasteiger charge is 2.02. The molecule has 0 saturated carbocycles. The van der Waals surface area contributed by atoms with Crippen molar-refractivity contribution in [1.29, 1.82) is 0 Å². The van der Waals surface area contributed by atoms with Gasteiger partial charge in [-0.3, -0.25) is 0 Å². The van der Waals surface area contributed by atoms with Crippen LogP contribution in [0.4, 0.5) is 0 Å². The van der Waals surface area contributed by atoms with Gasteiger partial charge in [0.05, 0.1) is 13.2 Å². The van der Waals surface area contributed by atoms with Crippen LogP contribution in [-0.2, 0) is 22.3 Å². The molecule has 4 heteroatoms. The van der Waals surface area contributed by atoms with E-state index in [9.17, 15) is 0 Å². The maximum absolute atomic E-state index is 5.55. The van der Waals surface area contributed by atoms with Crippen molar-refractivity contribution < 1.29 is 9.47 Å². The number of hydrogen-bond acceptors (Lipinski definition) is 4. The quantitative estimate of drug-likeness (QED) is 0.193. The van der Waals surface area contributed by atoms with Crippen molar-refractivity contribution in [3.05, 3.63) is 48.0 Å². The van der Waals surface area contributed by atoms with Gasteiger partial charge in [-0.2, -0.15) is 0 Å². The Balaban J connectivity index is 1.59. The molecule has 4 nitrogen and oxygen atoms in total. The van der Waals surface area contributed by atoms with Crippen LogP contribution in [0.3, 0.4) is 0 Å². The van der Waals surface area contributed by atoms with Crippen molar-refractivity contribution in [3.8, 4) is 11.1 Å². The summed E-state index contributed by atoms with van der Waals surface area (Å²) in [7, 11) is 0. The Morgan fingerprint density at radius 3 is 1.88 bits per heavy atom. The first-order chi connectivity index (χ1) is 16.3. The van der Waals surface area contributed by atoms with Crippen molar-refractivity contribution in [1.82, 2.24) is 9.97 Å². The molecule has 0 aliphatic heterocycles. The average Bonchev–Trinajstić information content (AvgIpc) is 2.85. The number of aromatic nitrogens is 2. The summed E-state index contributed by atoms with van der Waals surface area (Å²) in [6, 6.07) is 8.95. The Bertz CT molecular complexity index is 701. The van der Waals surface area contributed by atoms with Crippen molar-refractivity contribution in [2.75, 3.05) is 26.4 Å². The molecule has 0 saturated heterocycles. The van der Waals surface area contributed by atoms with E-state index in [4.69, 9.17) is 9.47 Å². The van der Waals surface area contributed by atoms with Crippen molar-refractivity contribution in [2.45, 2.75) is 97.3 Å². The molecule has 0 aliphatic rings. The third-order valence-corrected chi connectivity index (χ3v) is 6.08. The number of benzene rings is 1. The number of rotatable bonds is 20.